The van der Waals surface area contributed by atoms with Crippen molar-refractivity contribution >= 4 is 46.5 Å². The number of hydrogen-bond acceptors (Lipinski definition) is 7. The lowest BCUT2D eigenvalue weighted by Gasteiger charge is -2.41. The van der Waals surface area contributed by atoms with Gasteiger partial charge in [0.25, 0.3) is 11.8 Å². The van der Waals surface area contributed by atoms with Crippen molar-refractivity contribution in [1.29, 1.82) is 0 Å². The van der Waals surface area contributed by atoms with E-state index in [1.807, 2.05) is 24.3 Å². The van der Waals surface area contributed by atoms with E-state index in [2.05, 4.69) is 26.3 Å². The minimum absolute atomic E-state index is 0.120. The molecule has 4 aliphatic heterocycles. The molecule has 3 aromatic carbocycles. The van der Waals surface area contributed by atoms with E-state index < -0.39 is 18.1 Å². The molecule has 7 rings (SSSR count). The summed E-state index contributed by atoms with van der Waals surface area (Å²) < 4.78 is 0. The topological polar surface area (TPSA) is 115 Å². The van der Waals surface area contributed by atoms with Gasteiger partial charge in [0.05, 0.1) is 11.3 Å². The molecule has 0 bridgehead atoms. The number of nitrogens with one attached hydrogen (secondary N) is 1. The molecule has 0 radical (unpaired) electrons. The van der Waals surface area contributed by atoms with E-state index in [0.717, 1.165) is 48.3 Å². The second-order valence-corrected chi connectivity index (χ2v) is 13.1. The van der Waals surface area contributed by atoms with Crippen LogP contribution < -0.4 is 10.2 Å². The molecule has 2 fully saturated rings. The minimum Gasteiger partial charge on any atom is -0.478 e. The molecule has 11 heteroatoms. The maximum Gasteiger partial charge on any atom is 0.335 e. The van der Waals surface area contributed by atoms with Gasteiger partial charge in [-0.05, 0) is 98.8 Å². The highest BCUT2D eigenvalue weighted by Crippen LogP contribution is 2.39. The lowest BCUT2D eigenvalue weighted by atomic mass is 9.88. The lowest BCUT2D eigenvalue weighted by molar-refractivity contribution is -0.148. The summed E-state index contributed by atoms with van der Waals surface area (Å²) >= 11 is 6.19. The van der Waals surface area contributed by atoms with E-state index in [-0.39, 0.29) is 23.8 Å². The number of piperidine rings is 1. The van der Waals surface area contributed by atoms with E-state index >= 15 is 0 Å². The number of amides is 2. The summed E-state index contributed by atoms with van der Waals surface area (Å²) in [6, 6.07) is 19.0. The van der Waals surface area contributed by atoms with Crippen LogP contribution in [0.5, 0.6) is 0 Å². The van der Waals surface area contributed by atoms with E-state index in [1.165, 1.54) is 38.1 Å². The van der Waals surface area contributed by atoms with Gasteiger partial charge in [0.1, 0.15) is 6.04 Å². The number of rotatable bonds is 7. The number of hydrogen-bond donors (Lipinski definition) is 2. The normalized spacial score (nSPS) is 21.6. The van der Waals surface area contributed by atoms with E-state index in [0.29, 0.717) is 35.4 Å². The van der Waals surface area contributed by atoms with Gasteiger partial charge in [-0.25, -0.2) is 4.79 Å². The molecule has 0 aliphatic carbocycles. The smallest absolute Gasteiger partial charge is 0.335 e. The van der Waals surface area contributed by atoms with Gasteiger partial charge in [-0.3, -0.25) is 9.59 Å². The Morgan fingerprint density at radius 3 is 2.38 bits per heavy atom. The van der Waals surface area contributed by atoms with Gasteiger partial charge < -0.3 is 30.0 Å². The first-order valence-electron chi connectivity index (χ1n) is 16.4. The van der Waals surface area contributed by atoms with Crippen LogP contribution in [0.2, 0.25) is 5.02 Å². The molecule has 10 nitrogen and oxygen atoms in total. The second kappa shape index (κ2) is 13.4. The third-order valence-corrected chi connectivity index (χ3v) is 10.1. The Kier molecular flexibility index (Phi) is 8.88. The van der Waals surface area contributed by atoms with Crippen LogP contribution in [-0.4, -0.2) is 83.3 Å². The average Bonchev–Trinajstić information content (AvgIpc) is 3.81. The Balaban J connectivity index is 1.15. The van der Waals surface area contributed by atoms with Gasteiger partial charge in [-0.1, -0.05) is 41.0 Å². The van der Waals surface area contributed by atoms with Crippen molar-refractivity contribution in [3.05, 3.63) is 94.0 Å². The van der Waals surface area contributed by atoms with Gasteiger partial charge in [-0.15, -0.1) is 0 Å². The molecular weight excluding hydrogens is 618 g/mol. The maximum absolute atomic E-state index is 14.2. The third kappa shape index (κ3) is 6.44. The largest absolute Gasteiger partial charge is 0.478 e. The number of nitrogens with zero attached hydrogens (tertiary/aromatic N) is 4. The summed E-state index contributed by atoms with van der Waals surface area (Å²) in [6.45, 7) is 4.64. The molecule has 2 N–H and O–H groups in total. The summed E-state index contributed by atoms with van der Waals surface area (Å²) in [6.07, 6.45) is 4.79. The van der Waals surface area contributed by atoms with Crippen LogP contribution in [0, 0.1) is 0 Å². The third-order valence-electron chi connectivity index (χ3n) is 9.89. The number of carboxylic acids is 1. The number of carbonyl (C=O) groups is 3. The first-order valence-corrected chi connectivity index (χ1v) is 16.8. The summed E-state index contributed by atoms with van der Waals surface area (Å²) in [7, 11) is 0. The van der Waals surface area contributed by atoms with E-state index in [4.69, 9.17) is 16.4 Å². The van der Waals surface area contributed by atoms with Crippen LogP contribution in [0.3, 0.4) is 0 Å². The number of halogens is 1. The molecule has 2 atom stereocenters. The van der Waals surface area contributed by atoms with Crippen LogP contribution in [0.4, 0.5) is 11.4 Å². The van der Waals surface area contributed by atoms with Crippen molar-refractivity contribution in [1.82, 2.24) is 9.80 Å². The predicted molar refractivity (Wildman–Crippen MR) is 180 cm³/mol. The van der Waals surface area contributed by atoms with Crippen molar-refractivity contribution in [2.75, 3.05) is 42.9 Å². The number of oxime groups is 1. The quantitative estimate of drug-likeness (QED) is 0.352. The van der Waals surface area contributed by atoms with Crippen LogP contribution in [0.1, 0.15) is 65.2 Å². The fraction of sp³-hybridized carbons (Fsp3) is 0.389. The number of anilines is 2. The molecule has 2 amide bonds. The summed E-state index contributed by atoms with van der Waals surface area (Å²) in [5, 5.41) is 17.0. The SMILES string of the molecule is O=C(O)c1ccc(NC(=O)C2c3cccc(N4CCC(N5CCCC5)CC4)c3CCN2C(=O)C2CC(c3cccc(Cl)c3)=NO2)cc1. The fourth-order valence-electron chi connectivity index (χ4n) is 7.48. The van der Waals surface area contributed by atoms with Crippen molar-refractivity contribution in [2.45, 2.75) is 56.7 Å². The standard InChI is InChI=1S/C36H38ClN5O5/c37-25-6-3-5-24(21-25)30-22-32(47-39-30)35(44)42-20-15-28-29(33(42)34(43)38-26-11-9-23(10-12-26)36(45)46)7-4-8-31(28)41-18-13-27(14-19-41)40-16-1-2-17-40/h3-12,21,27,32-33H,1-2,13-20,22H2,(H,38,43)(H,45,46). The number of benzene rings is 3. The van der Waals surface area contributed by atoms with Gasteiger partial charge in [0, 0.05) is 54.1 Å². The number of aromatic carboxylic acids is 1. The summed E-state index contributed by atoms with van der Waals surface area (Å²) in [4.78, 5) is 52.0. The van der Waals surface area contributed by atoms with E-state index in [1.54, 1.807) is 29.2 Å². The molecule has 2 unspecified atom stereocenters. The Labute approximate surface area is 278 Å². The van der Waals surface area contributed by atoms with Crippen molar-refractivity contribution < 1.29 is 24.3 Å². The number of carboxylic acid groups (broad SMARTS) is 1. The van der Waals surface area contributed by atoms with Gasteiger partial charge in [-0.2, -0.15) is 0 Å². The lowest BCUT2D eigenvalue weighted by Crippen LogP contribution is -2.49. The highest BCUT2D eigenvalue weighted by Gasteiger charge is 2.42. The highest BCUT2D eigenvalue weighted by atomic mass is 35.5. The molecule has 244 valence electrons. The Morgan fingerprint density at radius 2 is 1.66 bits per heavy atom. The maximum atomic E-state index is 14.2. The molecule has 2 saturated heterocycles. The Morgan fingerprint density at radius 1 is 0.915 bits per heavy atom. The van der Waals surface area contributed by atoms with Crippen LogP contribution in [-0.2, 0) is 20.8 Å². The first kappa shape index (κ1) is 31.2. The highest BCUT2D eigenvalue weighted by molar-refractivity contribution is 6.31. The van der Waals surface area contributed by atoms with Gasteiger partial charge in [0.2, 0.25) is 6.10 Å². The van der Waals surface area contributed by atoms with Crippen LogP contribution >= 0.6 is 11.6 Å². The van der Waals surface area contributed by atoms with Gasteiger partial charge in [0.15, 0.2) is 0 Å². The van der Waals surface area contributed by atoms with Crippen LogP contribution in [0.25, 0.3) is 0 Å². The number of carbonyl (C=O) groups excluding carboxylic acids is 2. The molecule has 47 heavy (non-hydrogen) atoms. The molecule has 0 spiro atoms. The monoisotopic (exact) mass is 655 g/mol. The zero-order chi connectivity index (χ0) is 32.5. The molecule has 4 heterocycles. The van der Waals surface area contributed by atoms with Crippen molar-refractivity contribution in [3.63, 3.8) is 0 Å². The first-order chi connectivity index (χ1) is 22.9. The number of likely N-dealkylation sites (tertiary alicyclic amines) is 1. The van der Waals surface area contributed by atoms with Crippen molar-refractivity contribution in [3.8, 4) is 0 Å². The zero-order valence-electron chi connectivity index (χ0n) is 26.1. The molecule has 3 aromatic rings. The Hall–Kier alpha value is -4.41. The molecule has 0 saturated carbocycles. The minimum atomic E-state index is -1.05. The molecular formula is C36H38ClN5O5. The zero-order valence-corrected chi connectivity index (χ0v) is 26.9. The fourth-order valence-corrected chi connectivity index (χ4v) is 7.68. The van der Waals surface area contributed by atoms with Crippen molar-refractivity contribution in [2.24, 2.45) is 5.16 Å². The number of fused-ring (bicyclic) bond motifs is 1. The Bertz CT molecular complexity index is 1700. The average molecular weight is 656 g/mol. The van der Waals surface area contributed by atoms with Crippen LogP contribution in [0.15, 0.2) is 71.9 Å². The molecule has 0 aromatic heterocycles. The van der Waals surface area contributed by atoms with E-state index in [9.17, 15) is 19.5 Å². The second-order valence-electron chi connectivity index (χ2n) is 12.7. The predicted octanol–water partition coefficient (Wildman–Crippen LogP) is 5.36. The molecule has 4 aliphatic rings. The summed E-state index contributed by atoms with van der Waals surface area (Å²) in [5.74, 6) is -1.73. The van der Waals surface area contributed by atoms with Gasteiger partial charge >= 0.3 is 5.97 Å². The summed E-state index contributed by atoms with van der Waals surface area (Å²) in [5.41, 5.74) is 4.98.